The monoisotopic (exact) mass is 181 g/mol. The Morgan fingerprint density at radius 2 is 2.23 bits per heavy atom. The molecule has 0 aliphatic rings. The zero-order valence-electron chi connectivity index (χ0n) is 8.24. The van der Waals surface area contributed by atoms with E-state index in [1.807, 2.05) is 26.8 Å². The van der Waals surface area contributed by atoms with E-state index in [-0.39, 0.29) is 11.7 Å². The highest BCUT2D eigenvalue weighted by Crippen LogP contribution is 1.97. The second-order valence-electron chi connectivity index (χ2n) is 3.41. The third-order valence-electron chi connectivity index (χ3n) is 1.82. The average Bonchev–Trinajstić information content (AvgIpc) is 1.96. The highest BCUT2D eigenvalue weighted by atomic mass is 16.1. The molecule has 0 radical (unpaired) electrons. The third kappa shape index (κ3) is 2.39. The number of nitrogens with zero attached hydrogens (tertiary/aromatic N) is 2. The maximum atomic E-state index is 11.4. The van der Waals surface area contributed by atoms with Crippen LogP contribution in [0.2, 0.25) is 0 Å². The van der Waals surface area contributed by atoms with Gasteiger partial charge in [0.2, 0.25) is 0 Å². The van der Waals surface area contributed by atoms with Gasteiger partial charge in [0, 0.05) is 24.0 Å². The van der Waals surface area contributed by atoms with Gasteiger partial charge in [0.05, 0.1) is 0 Å². The van der Waals surface area contributed by atoms with Gasteiger partial charge in [0.25, 0.3) is 0 Å². The lowest BCUT2D eigenvalue weighted by Gasteiger charge is -2.11. The first-order valence-corrected chi connectivity index (χ1v) is 4.31. The molecule has 0 bridgehead atoms. The van der Waals surface area contributed by atoms with Crippen LogP contribution in [0.25, 0.3) is 0 Å². The topological polar surface area (TPSA) is 60.9 Å². The van der Waals surface area contributed by atoms with Crippen LogP contribution in [0.1, 0.15) is 18.3 Å². The van der Waals surface area contributed by atoms with Crippen LogP contribution in [0, 0.1) is 13.8 Å². The van der Waals surface area contributed by atoms with Crippen molar-refractivity contribution in [3.8, 4) is 0 Å². The highest BCUT2D eigenvalue weighted by molar-refractivity contribution is 5.06. The number of nitrogens with two attached hydrogens (primary N) is 1. The Bertz CT molecular complexity index is 354. The van der Waals surface area contributed by atoms with Crippen LogP contribution in [-0.4, -0.2) is 15.6 Å². The third-order valence-corrected chi connectivity index (χ3v) is 1.82. The summed E-state index contributed by atoms with van der Waals surface area (Å²) in [5.74, 6) is 0. The zero-order valence-corrected chi connectivity index (χ0v) is 8.24. The first kappa shape index (κ1) is 9.92. The highest BCUT2D eigenvalue weighted by Gasteiger charge is 2.04. The van der Waals surface area contributed by atoms with Crippen molar-refractivity contribution < 1.29 is 0 Å². The van der Waals surface area contributed by atoms with Crippen molar-refractivity contribution in [2.45, 2.75) is 33.4 Å². The molecule has 0 amide bonds. The zero-order chi connectivity index (χ0) is 10.0. The molecule has 0 saturated heterocycles. The molecular weight excluding hydrogens is 166 g/mol. The molecule has 1 heterocycles. The van der Waals surface area contributed by atoms with Gasteiger partial charge < -0.3 is 5.73 Å². The minimum Gasteiger partial charge on any atom is -0.326 e. The molecule has 0 saturated carbocycles. The van der Waals surface area contributed by atoms with Crippen molar-refractivity contribution in [1.82, 2.24) is 9.55 Å². The number of hydrogen-bond acceptors (Lipinski definition) is 3. The van der Waals surface area contributed by atoms with Crippen molar-refractivity contribution in [2.24, 2.45) is 5.73 Å². The molecule has 0 aromatic carbocycles. The number of aryl methyl sites for hydroxylation is 2. The van der Waals surface area contributed by atoms with Crippen molar-refractivity contribution in [1.29, 1.82) is 0 Å². The Morgan fingerprint density at radius 3 is 2.69 bits per heavy atom. The van der Waals surface area contributed by atoms with Crippen molar-refractivity contribution >= 4 is 0 Å². The fraction of sp³-hybridized carbons (Fsp3) is 0.556. The molecule has 1 rings (SSSR count). The lowest BCUT2D eigenvalue weighted by atomic mass is 10.3. The Kier molecular flexibility index (Phi) is 2.83. The van der Waals surface area contributed by atoms with E-state index in [0.717, 1.165) is 11.4 Å². The molecule has 0 fully saturated rings. The Balaban J connectivity index is 3.14. The predicted molar refractivity (Wildman–Crippen MR) is 51.6 cm³/mol. The SMILES string of the molecule is Cc1cc(C)n(C[C@H](C)N)c(=O)n1. The van der Waals surface area contributed by atoms with Crippen LogP contribution in [0.3, 0.4) is 0 Å². The number of aromatic nitrogens is 2. The van der Waals surface area contributed by atoms with Crippen LogP contribution in [0.15, 0.2) is 10.9 Å². The van der Waals surface area contributed by atoms with E-state index >= 15 is 0 Å². The number of hydrogen-bond donors (Lipinski definition) is 1. The van der Waals surface area contributed by atoms with Crippen LogP contribution >= 0.6 is 0 Å². The lowest BCUT2D eigenvalue weighted by molar-refractivity contribution is 0.549. The standard InChI is InChI=1S/C9H15N3O/c1-6(10)5-12-8(3)4-7(2)11-9(12)13/h4,6H,5,10H2,1-3H3/t6-/m0/s1. The van der Waals surface area contributed by atoms with Gasteiger partial charge in [0.1, 0.15) is 0 Å². The summed E-state index contributed by atoms with van der Waals surface area (Å²) in [6, 6.07) is 1.85. The summed E-state index contributed by atoms with van der Waals surface area (Å²) < 4.78 is 1.59. The minimum absolute atomic E-state index is 0.0269. The van der Waals surface area contributed by atoms with Gasteiger partial charge in [-0.3, -0.25) is 4.57 Å². The quantitative estimate of drug-likeness (QED) is 0.709. The van der Waals surface area contributed by atoms with Crippen molar-refractivity contribution in [2.75, 3.05) is 0 Å². The summed E-state index contributed by atoms with van der Waals surface area (Å²) in [7, 11) is 0. The molecule has 1 aromatic rings. The van der Waals surface area contributed by atoms with Crippen LogP contribution < -0.4 is 11.4 Å². The predicted octanol–water partition coefficient (Wildman–Crippen LogP) is 0.207. The van der Waals surface area contributed by atoms with Gasteiger partial charge in [-0.05, 0) is 26.8 Å². The van der Waals surface area contributed by atoms with E-state index < -0.39 is 0 Å². The molecule has 72 valence electrons. The molecule has 0 spiro atoms. The molecule has 1 aromatic heterocycles. The fourth-order valence-corrected chi connectivity index (χ4v) is 1.28. The van der Waals surface area contributed by atoms with Gasteiger partial charge >= 0.3 is 5.69 Å². The van der Waals surface area contributed by atoms with E-state index in [9.17, 15) is 4.79 Å². The van der Waals surface area contributed by atoms with Crippen molar-refractivity contribution in [3.05, 3.63) is 27.9 Å². The fourth-order valence-electron chi connectivity index (χ4n) is 1.28. The molecule has 1 atom stereocenters. The molecule has 0 aliphatic heterocycles. The van der Waals surface area contributed by atoms with Gasteiger partial charge in [-0.2, -0.15) is 4.98 Å². The van der Waals surface area contributed by atoms with E-state index in [4.69, 9.17) is 5.73 Å². The molecule has 0 unspecified atom stereocenters. The maximum Gasteiger partial charge on any atom is 0.348 e. The smallest absolute Gasteiger partial charge is 0.326 e. The summed E-state index contributed by atoms with van der Waals surface area (Å²) >= 11 is 0. The van der Waals surface area contributed by atoms with E-state index in [2.05, 4.69) is 4.98 Å². The van der Waals surface area contributed by atoms with E-state index in [0.29, 0.717) is 6.54 Å². The summed E-state index contributed by atoms with van der Waals surface area (Å²) in [5.41, 5.74) is 7.06. The largest absolute Gasteiger partial charge is 0.348 e. The van der Waals surface area contributed by atoms with Gasteiger partial charge in [-0.1, -0.05) is 0 Å². The normalized spacial score (nSPS) is 12.9. The molecular formula is C9H15N3O. The minimum atomic E-state index is -0.213. The van der Waals surface area contributed by atoms with Gasteiger partial charge in [-0.25, -0.2) is 4.79 Å². The summed E-state index contributed by atoms with van der Waals surface area (Å²) in [5, 5.41) is 0. The molecule has 2 N–H and O–H groups in total. The first-order valence-electron chi connectivity index (χ1n) is 4.31. The molecule has 13 heavy (non-hydrogen) atoms. The first-order chi connectivity index (χ1) is 6.00. The molecule has 0 aliphatic carbocycles. The number of rotatable bonds is 2. The van der Waals surface area contributed by atoms with Gasteiger partial charge in [0.15, 0.2) is 0 Å². The van der Waals surface area contributed by atoms with Crippen molar-refractivity contribution in [3.63, 3.8) is 0 Å². The van der Waals surface area contributed by atoms with Gasteiger partial charge in [-0.15, -0.1) is 0 Å². The second-order valence-corrected chi connectivity index (χ2v) is 3.41. The maximum absolute atomic E-state index is 11.4. The summed E-state index contributed by atoms with van der Waals surface area (Å²) in [6.45, 7) is 6.09. The second kappa shape index (κ2) is 3.70. The molecule has 4 nitrogen and oxygen atoms in total. The lowest BCUT2D eigenvalue weighted by Crippen LogP contribution is -2.32. The average molecular weight is 181 g/mol. The van der Waals surface area contributed by atoms with Crippen LogP contribution in [0.5, 0.6) is 0 Å². The Labute approximate surface area is 77.4 Å². The molecule has 4 heteroatoms. The summed E-state index contributed by atoms with van der Waals surface area (Å²) in [6.07, 6.45) is 0. The van der Waals surface area contributed by atoms with E-state index in [1.54, 1.807) is 4.57 Å². The van der Waals surface area contributed by atoms with Crippen LogP contribution in [0.4, 0.5) is 0 Å². The Morgan fingerprint density at radius 1 is 1.62 bits per heavy atom. The Hall–Kier alpha value is -1.16. The van der Waals surface area contributed by atoms with E-state index in [1.165, 1.54) is 0 Å². The van der Waals surface area contributed by atoms with Crippen LogP contribution in [-0.2, 0) is 6.54 Å². The summed E-state index contributed by atoms with van der Waals surface area (Å²) in [4.78, 5) is 15.2.